The molecule has 4 nitrogen and oxygen atoms in total. The lowest BCUT2D eigenvalue weighted by Gasteiger charge is -2.27. The molecule has 7 heteroatoms. The minimum absolute atomic E-state index is 0.119. The first-order chi connectivity index (χ1) is 9.59. The van der Waals surface area contributed by atoms with Gasteiger partial charge in [-0.15, -0.1) is 11.3 Å². The van der Waals surface area contributed by atoms with Gasteiger partial charge in [0.1, 0.15) is 4.90 Å². The van der Waals surface area contributed by atoms with Crippen molar-refractivity contribution in [2.45, 2.75) is 64.1 Å². The third-order valence-electron chi connectivity index (χ3n) is 3.77. The standard InChI is InChI=1S/C14H23BrN2O2S2/c1-9(14(2,3)4)17-21(18,19)12-7-11(20-13(12)15)8-16-10-5-6-10/h7,9-10,16-17H,5-6,8H2,1-4H3. The minimum atomic E-state index is -3.49. The molecule has 1 saturated carbocycles. The summed E-state index contributed by atoms with van der Waals surface area (Å²) < 4.78 is 28.5. The highest BCUT2D eigenvalue weighted by Crippen LogP contribution is 2.33. The van der Waals surface area contributed by atoms with Crippen LogP contribution >= 0.6 is 27.3 Å². The van der Waals surface area contributed by atoms with Crippen molar-refractivity contribution in [2.75, 3.05) is 0 Å². The average molecular weight is 395 g/mol. The Labute approximate surface area is 139 Å². The third-order valence-corrected chi connectivity index (χ3v) is 7.56. The summed E-state index contributed by atoms with van der Waals surface area (Å²) in [5.74, 6) is 0. The van der Waals surface area contributed by atoms with Gasteiger partial charge in [0, 0.05) is 23.5 Å². The molecule has 1 aromatic rings. The molecule has 1 atom stereocenters. The van der Waals surface area contributed by atoms with Gasteiger partial charge in [0.25, 0.3) is 0 Å². The highest BCUT2D eigenvalue weighted by atomic mass is 79.9. The summed E-state index contributed by atoms with van der Waals surface area (Å²) >= 11 is 4.87. The van der Waals surface area contributed by atoms with Gasteiger partial charge in [-0.2, -0.15) is 0 Å². The second kappa shape index (κ2) is 6.28. The highest BCUT2D eigenvalue weighted by molar-refractivity contribution is 9.11. The van der Waals surface area contributed by atoms with Gasteiger partial charge in [-0.05, 0) is 47.2 Å². The molecule has 1 heterocycles. The van der Waals surface area contributed by atoms with E-state index in [1.807, 2.05) is 27.7 Å². The lowest BCUT2D eigenvalue weighted by Crippen LogP contribution is -2.41. The Kier molecular flexibility index (Phi) is 5.20. The van der Waals surface area contributed by atoms with E-state index in [9.17, 15) is 8.42 Å². The van der Waals surface area contributed by atoms with Crippen molar-refractivity contribution in [3.05, 3.63) is 14.7 Å². The zero-order valence-electron chi connectivity index (χ0n) is 12.9. The van der Waals surface area contributed by atoms with E-state index in [1.165, 1.54) is 24.2 Å². The van der Waals surface area contributed by atoms with Crippen molar-refractivity contribution in [2.24, 2.45) is 5.41 Å². The number of sulfonamides is 1. The van der Waals surface area contributed by atoms with Crippen LogP contribution < -0.4 is 10.0 Å². The molecule has 0 bridgehead atoms. The van der Waals surface area contributed by atoms with E-state index in [-0.39, 0.29) is 11.5 Å². The van der Waals surface area contributed by atoms with Crippen LogP contribution in [0.5, 0.6) is 0 Å². The lowest BCUT2D eigenvalue weighted by atomic mass is 9.89. The first-order valence-corrected chi connectivity index (χ1v) is 10.2. The Balaban J connectivity index is 2.11. The fraction of sp³-hybridized carbons (Fsp3) is 0.714. The maximum Gasteiger partial charge on any atom is 0.242 e. The molecule has 2 rings (SSSR count). The predicted octanol–water partition coefficient (Wildman–Crippen LogP) is 3.48. The number of hydrogen-bond acceptors (Lipinski definition) is 4. The largest absolute Gasteiger partial charge is 0.309 e. The fourth-order valence-electron chi connectivity index (χ4n) is 1.67. The van der Waals surface area contributed by atoms with Crippen molar-refractivity contribution in [3.63, 3.8) is 0 Å². The fourth-order valence-corrected chi connectivity index (χ4v) is 5.76. The van der Waals surface area contributed by atoms with Crippen molar-refractivity contribution in [3.8, 4) is 0 Å². The summed E-state index contributed by atoms with van der Waals surface area (Å²) in [7, 11) is -3.49. The van der Waals surface area contributed by atoms with E-state index < -0.39 is 10.0 Å². The molecule has 0 aromatic carbocycles. The summed E-state index contributed by atoms with van der Waals surface area (Å²) in [5.41, 5.74) is -0.119. The minimum Gasteiger partial charge on any atom is -0.309 e. The molecule has 0 saturated heterocycles. The zero-order valence-corrected chi connectivity index (χ0v) is 16.1. The molecule has 0 spiro atoms. The van der Waals surface area contributed by atoms with Gasteiger partial charge in [0.05, 0.1) is 3.79 Å². The maximum atomic E-state index is 12.5. The molecular weight excluding hydrogens is 372 g/mol. The summed E-state index contributed by atoms with van der Waals surface area (Å²) in [6, 6.07) is 2.24. The number of rotatable bonds is 6. The molecule has 1 fully saturated rings. The second-order valence-corrected chi connectivity index (χ2v) is 10.9. The van der Waals surface area contributed by atoms with Crippen molar-refractivity contribution >= 4 is 37.3 Å². The third kappa shape index (κ3) is 4.76. The first-order valence-electron chi connectivity index (χ1n) is 7.13. The summed E-state index contributed by atoms with van der Waals surface area (Å²) in [6.45, 7) is 8.70. The SMILES string of the molecule is CC(NS(=O)(=O)c1cc(CNC2CC2)sc1Br)C(C)(C)C. The number of nitrogens with one attached hydrogen (secondary N) is 2. The molecule has 0 aliphatic heterocycles. The molecule has 120 valence electrons. The highest BCUT2D eigenvalue weighted by Gasteiger charge is 2.28. The molecule has 1 aromatic heterocycles. The van der Waals surface area contributed by atoms with Gasteiger partial charge in [-0.25, -0.2) is 13.1 Å². The van der Waals surface area contributed by atoms with Gasteiger partial charge < -0.3 is 5.32 Å². The molecule has 21 heavy (non-hydrogen) atoms. The van der Waals surface area contributed by atoms with Crippen LogP contribution in [0.25, 0.3) is 0 Å². The summed E-state index contributed by atoms with van der Waals surface area (Å²) in [4.78, 5) is 1.38. The van der Waals surface area contributed by atoms with E-state index in [0.717, 1.165) is 11.4 Å². The van der Waals surface area contributed by atoms with Gasteiger partial charge in [-0.3, -0.25) is 0 Å². The van der Waals surface area contributed by atoms with E-state index in [1.54, 1.807) is 6.07 Å². The summed E-state index contributed by atoms with van der Waals surface area (Å²) in [6.07, 6.45) is 2.45. The van der Waals surface area contributed by atoms with Crippen LogP contribution in [0.3, 0.4) is 0 Å². The number of thiophene rings is 1. The molecule has 1 unspecified atom stereocenters. The van der Waals surface area contributed by atoms with Crippen LogP contribution in [-0.2, 0) is 16.6 Å². The quantitative estimate of drug-likeness (QED) is 0.776. The number of hydrogen-bond donors (Lipinski definition) is 2. The predicted molar refractivity (Wildman–Crippen MR) is 91.1 cm³/mol. The smallest absolute Gasteiger partial charge is 0.242 e. The van der Waals surface area contributed by atoms with Gasteiger partial charge >= 0.3 is 0 Å². The molecule has 0 radical (unpaired) electrons. The topological polar surface area (TPSA) is 58.2 Å². The number of halogens is 1. The Hall–Kier alpha value is 0.0500. The Bertz CT molecular complexity index is 601. The van der Waals surface area contributed by atoms with E-state index in [4.69, 9.17) is 0 Å². The monoisotopic (exact) mass is 394 g/mol. The Morgan fingerprint density at radius 3 is 2.57 bits per heavy atom. The maximum absolute atomic E-state index is 12.5. The van der Waals surface area contributed by atoms with Crippen LogP contribution in [0.2, 0.25) is 0 Å². The second-order valence-electron chi connectivity index (χ2n) is 6.71. The molecule has 0 amide bonds. The van der Waals surface area contributed by atoms with E-state index >= 15 is 0 Å². The van der Waals surface area contributed by atoms with Crippen LogP contribution in [0.15, 0.2) is 14.7 Å². The van der Waals surface area contributed by atoms with Crippen LogP contribution in [0.1, 0.15) is 45.4 Å². The Morgan fingerprint density at radius 2 is 2.05 bits per heavy atom. The van der Waals surface area contributed by atoms with Crippen molar-refractivity contribution < 1.29 is 8.42 Å². The normalized spacial score (nSPS) is 18.0. The summed E-state index contributed by atoms with van der Waals surface area (Å²) in [5, 5.41) is 3.40. The molecule has 1 aliphatic carbocycles. The lowest BCUT2D eigenvalue weighted by molar-refractivity contribution is 0.317. The van der Waals surface area contributed by atoms with Gasteiger partial charge in [0.2, 0.25) is 10.0 Å². The van der Waals surface area contributed by atoms with Crippen molar-refractivity contribution in [1.82, 2.24) is 10.0 Å². The Morgan fingerprint density at radius 1 is 1.43 bits per heavy atom. The molecule has 2 N–H and O–H groups in total. The van der Waals surface area contributed by atoms with Crippen LogP contribution in [0.4, 0.5) is 0 Å². The van der Waals surface area contributed by atoms with Gasteiger partial charge in [0.15, 0.2) is 0 Å². The first kappa shape index (κ1) is 17.4. The molecule has 1 aliphatic rings. The zero-order chi connectivity index (χ0) is 15.8. The van der Waals surface area contributed by atoms with E-state index in [2.05, 4.69) is 26.0 Å². The van der Waals surface area contributed by atoms with Gasteiger partial charge in [-0.1, -0.05) is 20.8 Å². The van der Waals surface area contributed by atoms with E-state index in [0.29, 0.717) is 14.7 Å². The average Bonchev–Trinajstić information content (AvgIpc) is 3.07. The van der Waals surface area contributed by atoms with Crippen LogP contribution in [0, 0.1) is 5.41 Å². The van der Waals surface area contributed by atoms with Crippen molar-refractivity contribution in [1.29, 1.82) is 0 Å². The molecular formula is C14H23BrN2O2S2. The van der Waals surface area contributed by atoms with Crippen LogP contribution in [-0.4, -0.2) is 20.5 Å².